The summed E-state index contributed by atoms with van der Waals surface area (Å²) in [6.45, 7) is 4.79. The Morgan fingerprint density at radius 1 is 1.15 bits per heavy atom. The minimum Gasteiger partial charge on any atom is -0.392 e. The molecule has 4 nitrogen and oxygen atoms in total. The van der Waals surface area contributed by atoms with E-state index in [-0.39, 0.29) is 6.61 Å². The summed E-state index contributed by atoms with van der Waals surface area (Å²) in [5, 5.41) is 11.2. The molecule has 0 aliphatic carbocycles. The Balaban J connectivity index is 2.06. The van der Waals surface area contributed by atoms with E-state index >= 15 is 0 Å². The van der Waals surface area contributed by atoms with Gasteiger partial charge in [-0.15, -0.1) is 0 Å². The summed E-state index contributed by atoms with van der Waals surface area (Å²) in [5.41, 5.74) is 12.4. The Hall–Kier alpha value is -3.11. The molecule has 3 N–H and O–H groups in total. The third kappa shape index (κ3) is 2.88. The number of aromatic nitrogens is 1. The predicted octanol–water partition coefficient (Wildman–Crippen LogP) is 3.85. The van der Waals surface area contributed by atoms with Crippen LogP contribution in [-0.4, -0.2) is 15.6 Å². The van der Waals surface area contributed by atoms with Gasteiger partial charge in [0.2, 0.25) is 5.91 Å². The van der Waals surface area contributed by atoms with Gasteiger partial charge in [-0.3, -0.25) is 4.79 Å². The van der Waals surface area contributed by atoms with Crippen LogP contribution in [0.1, 0.15) is 32.6 Å². The molecule has 0 atom stereocenters. The molecule has 0 aliphatic heterocycles. The van der Waals surface area contributed by atoms with Crippen LogP contribution < -0.4 is 5.73 Å². The van der Waals surface area contributed by atoms with E-state index in [0.29, 0.717) is 12.1 Å². The van der Waals surface area contributed by atoms with Crippen LogP contribution in [0.4, 0.5) is 0 Å². The minimum absolute atomic E-state index is 0.0554. The molecule has 4 rings (SSSR count). The van der Waals surface area contributed by atoms with Crippen LogP contribution in [0, 0.1) is 19.9 Å². The van der Waals surface area contributed by atoms with Gasteiger partial charge in [-0.2, -0.15) is 0 Å². The molecule has 1 amide bonds. The van der Waals surface area contributed by atoms with E-state index in [4.69, 9.17) is 5.73 Å². The number of hydrogen-bond donors (Lipinski definition) is 2. The number of primary amides is 1. The molecule has 0 aliphatic rings. The summed E-state index contributed by atoms with van der Waals surface area (Å²) in [7, 11) is 0. The van der Waals surface area contributed by atoms with Crippen molar-refractivity contribution in [3.8, 4) is 0 Å². The second-order valence-electron chi connectivity index (χ2n) is 7.01. The molecule has 1 aromatic heterocycles. The maximum absolute atomic E-state index is 12.0. The van der Waals surface area contributed by atoms with Crippen molar-refractivity contribution in [3.05, 3.63) is 82.4 Å². The highest BCUT2D eigenvalue weighted by Crippen LogP contribution is 2.33. The second kappa shape index (κ2) is 6.56. The third-order valence-corrected chi connectivity index (χ3v) is 5.14. The lowest BCUT2D eigenvalue weighted by Crippen LogP contribution is -2.11. The molecule has 1 radical (unpaired) electrons. The molecule has 0 fully saturated rings. The number of aryl methyl sites for hydroxylation is 2. The highest BCUT2D eigenvalue weighted by atomic mass is 16.3. The van der Waals surface area contributed by atoms with Crippen molar-refractivity contribution >= 4 is 27.7 Å². The fourth-order valence-corrected chi connectivity index (χ4v) is 3.71. The number of nitrogens with zero attached hydrogens (tertiary/aromatic N) is 1. The maximum atomic E-state index is 12.0. The number of fused-ring (bicyclic) bond motifs is 3. The van der Waals surface area contributed by atoms with Crippen molar-refractivity contribution in [2.75, 3.05) is 0 Å². The Labute approximate surface area is 157 Å². The van der Waals surface area contributed by atoms with Crippen molar-refractivity contribution in [2.45, 2.75) is 27.0 Å². The molecule has 135 valence electrons. The van der Waals surface area contributed by atoms with Gasteiger partial charge in [0.25, 0.3) is 0 Å². The number of rotatable bonds is 4. The van der Waals surface area contributed by atoms with E-state index in [1.165, 1.54) is 16.7 Å². The largest absolute Gasteiger partial charge is 0.392 e. The topological polar surface area (TPSA) is 68.2 Å². The first kappa shape index (κ1) is 17.3. The van der Waals surface area contributed by atoms with E-state index in [1.54, 1.807) is 12.1 Å². The van der Waals surface area contributed by atoms with E-state index in [0.717, 1.165) is 27.4 Å². The van der Waals surface area contributed by atoms with Crippen molar-refractivity contribution in [3.63, 3.8) is 0 Å². The highest BCUT2D eigenvalue weighted by molar-refractivity contribution is 6.17. The standard InChI is InChI=1S/C23H21N2O2/c1-14-6-7-15(2)17(10-14)12-25-20-5-3-4-19(23(24)27)22(20)18-9-8-16(13-26)11-21(18)25/h3-8,10-11,26H,12-13H2,1-2H3,(H2,24,27). The number of carbonyl (C=O) groups excluding carboxylic acids is 1. The number of aliphatic hydroxyl groups is 1. The molecule has 27 heavy (non-hydrogen) atoms. The summed E-state index contributed by atoms with van der Waals surface area (Å²) in [5.74, 6) is -0.453. The van der Waals surface area contributed by atoms with Crippen molar-refractivity contribution in [1.82, 2.24) is 4.57 Å². The van der Waals surface area contributed by atoms with E-state index in [9.17, 15) is 9.90 Å². The minimum atomic E-state index is -0.453. The molecule has 0 spiro atoms. The lowest BCUT2D eigenvalue weighted by Gasteiger charge is -2.12. The third-order valence-electron chi connectivity index (χ3n) is 5.14. The summed E-state index contributed by atoms with van der Waals surface area (Å²) >= 11 is 0. The normalized spacial score (nSPS) is 11.4. The van der Waals surface area contributed by atoms with E-state index in [1.807, 2.05) is 18.2 Å². The molecule has 0 saturated heterocycles. The van der Waals surface area contributed by atoms with Crippen LogP contribution in [0.5, 0.6) is 0 Å². The first-order valence-electron chi connectivity index (χ1n) is 8.92. The zero-order valence-corrected chi connectivity index (χ0v) is 15.4. The average molecular weight is 357 g/mol. The SMILES string of the molecule is Cc1ccc(C)c(Cn2c3cc(CO)c[c]c3c3c(C(N)=O)cccc32)c1. The Morgan fingerprint density at radius 2 is 1.96 bits per heavy atom. The van der Waals surface area contributed by atoms with Gasteiger partial charge in [-0.05, 0) is 60.9 Å². The van der Waals surface area contributed by atoms with Crippen molar-refractivity contribution in [2.24, 2.45) is 5.73 Å². The molecular formula is C23H21N2O2. The maximum Gasteiger partial charge on any atom is 0.249 e. The van der Waals surface area contributed by atoms with Gasteiger partial charge in [0.15, 0.2) is 0 Å². The zero-order chi connectivity index (χ0) is 19.1. The summed E-state index contributed by atoms with van der Waals surface area (Å²) in [6.07, 6.45) is 0. The number of benzene rings is 3. The first-order chi connectivity index (χ1) is 13.0. The van der Waals surface area contributed by atoms with Gasteiger partial charge in [-0.1, -0.05) is 29.8 Å². The number of hydrogen-bond acceptors (Lipinski definition) is 2. The lowest BCUT2D eigenvalue weighted by molar-refractivity contribution is 0.100. The van der Waals surface area contributed by atoms with Crippen LogP contribution in [0.2, 0.25) is 0 Å². The molecule has 4 aromatic rings. The van der Waals surface area contributed by atoms with Gasteiger partial charge < -0.3 is 15.4 Å². The molecule has 0 saturated carbocycles. The highest BCUT2D eigenvalue weighted by Gasteiger charge is 2.17. The summed E-state index contributed by atoms with van der Waals surface area (Å²) in [4.78, 5) is 12.0. The van der Waals surface area contributed by atoms with E-state index in [2.05, 4.69) is 42.7 Å². The fourth-order valence-electron chi connectivity index (χ4n) is 3.71. The smallest absolute Gasteiger partial charge is 0.249 e. The zero-order valence-electron chi connectivity index (χ0n) is 15.4. The van der Waals surface area contributed by atoms with Gasteiger partial charge in [0.05, 0.1) is 17.6 Å². The Morgan fingerprint density at radius 3 is 2.70 bits per heavy atom. The van der Waals surface area contributed by atoms with Crippen LogP contribution in [0.3, 0.4) is 0 Å². The second-order valence-corrected chi connectivity index (χ2v) is 7.01. The van der Waals surface area contributed by atoms with Crippen LogP contribution in [-0.2, 0) is 13.2 Å². The molecule has 1 heterocycles. The number of carbonyl (C=O) groups is 1. The van der Waals surface area contributed by atoms with Crippen LogP contribution in [0.25, 0.3) is 21.8 Å². The number of aliphatic hydroxyl groups excluding tert-OH is 1. The lowest BCUT2D eigenvalue weighted by atomic mass is 10.0. The van der Waals surface area contributed by atoms with Gasteiger partial charge in [-0.25, -0.2) is 0 Å². The Kier molecular flexibility index (Phi) is 4.21. The van der Waals surface area contributed by atoms with Gasteiger partial charge in [0.1, 0.15) is 0 Å². The quantitative estimate of drug-likeness (QED) is 0.582. The molecule has 0 unspecified atom stereocenters. The fraction of sp³-hybridized carbons (Fsp3) is 0.174. The van der Waals surface area contributed by atoms with E-state index < -0.39 is 5.91 Å². The predicted molar refractivity (Wildman–Crippen MR) is 108 cm³/mol. The average Bonchev–Trinajstić information content (AvgIpc) is 2.97. The first-order valence-corrected chi connectivity index (χ1v) is 8.92. The summed E-state index contributed by atoms with van der Waals surface area (Å²) < 4.78 is 2.18. The van der Waals surface area contributed by atoms with Crippen molar-refractivity contribution < 1.29 is 9.90 Å². The summed E-state index contributed by atoms with van der Waals surface area (Å²) in [6, 6.07) is 19.0. The Bertz CT molecular complexity index is 1190. The van der Waals surface area contributed by atoms with Crippen LogP contribution in [0.15, 0.2) is 48.5 Å². The molecule has 4 heteroatoms. The molecule has 0 bridgehead atoms. The molecule has 3 aromatic carbocycles. The van der Waals surface area contributed by atoms with Gasteiger partial charge in [0, 0.05) is 22.9 Å². The van der Waals surface area contributed by atoms with Crippen molar-refractivity contribution in [1.29, 1.82) is 0 Å². The van der Waals surface area contributed by atoms with Crippen LogP contribution >= 0.6 is 0 Å². The number of amides is 1. The monoisotopic (exact) mass is 357 g/mol. The van der Waals surface area contributed by atoms with Gasteiger partial charge >= 0.3 is 0 Å². The molecular weight excluding hydrogens is 336 g/mol. The number of nitrogens with two attached hydrogens (primary N) is 1.